The van der Waals surface area contributed by atoms with Crippen molar-refractivity contribution >= 4 is 11.6 Å². The maximum absolute atomic E-state index is 5.52. The van der Waals surface area contributed by atoms with Crippen molar-refractivity contribution in [3.63, 3.8) is 0 Å². The monoisotopic (exact) mass is 394 g/mol. The van der Waals surface area contributed by atoms with Crippen LogP contribution >= 0.6 is 0 Å². The number of fused-ring (bicyclic) bond motifs is 1. The van der Waals surface area contributed by atoms with Crippen molar-refractivity contribution in [1.29, 1.82) is 0 Å². The van der Waals surface area contributed by atoms with Crippen molar-refractivity contribution in [3.8, 4) is 23.0 Å². The first-order valence-corrected chi connectivity index (χ1v) is 9.01. The van der Waals surface area contributed by atoms with E-state index in [4.69, 9.17) is 18.9 Å². The van der Waals surface area contributed by atoms with Gasteiger partial charge in [-0.1, -0.05) is 12.1 Å². The largest absolute Gasteiger partial charge is 0.497 e. The van der Waals surface area contributed by atoms with Gasteiger partial charge in [-0.15, -0.1) is 0 Å². The molecule has 3 aromatic rings. The first kappa shape index (κ1) is 18.7. The molecule has 1 N–H and O–H groups in total. The fourth-order valence-electron chi connectivity index (χ4n) is 3.40. The number of nitrogens with one attached hydrogen (secondary N) is 1. The summed E-state index contributed by atoms with van der Waals surface area (Å²) in [6.45, 7) is 0. The van der Waals surface area contributed by atoms with Gasteiger partial charge < -0.3 is 24.3 Å². The molecule has 0 bridgehead atoms. The number of benzene rings is 2. The molecule has 4 rings (SSSR count). The predicted octanol–water partition coefficient (Wildman–Crippen LogP) is 3.37. The molecule has 1 aliphatic rings. The molecule has 0 radical (unpaired) electrons. The minimum absolute atomic E-state index is 0.219. The number of methoxy groups -OCH3 is 4. The number of anilines is 1. The van der Waals surface area contributed by atoms with Gasteiger partial charge in [0, 0.05) is 11.3 Å². The molecule has 0 saturated heterocycles. The number of nitrogens with zero attached hydrogens (tertiary/aromatic N) is 3. The number of aromatic nitrogens is 3. The van der Waals surface area contributed by atoms with Crippen LogP contribution in [0.2, 0.25) is 0 Å². The molecule has 0 fully saturated rings. The second-order valence-corrected chi connectivity index (χ2v) is 6.37. The Bertz CT molecular complexity index is 1040. The molecule has 0 aliphatic carbocycles. The fourth-order valence-corrected chi connectivity index (χ4v) is 3.40. The Balaban J connectivity index is 1.84. The zero-order valence-electron chi connectivity index (χ0n) is 16.7. The first-order chi connectivity index (χ1) is 14.2. The van der Waals surface area contributed by atoms with E-state index in [1.54, 1.807) is 28.4 Å². The van der Waals surface area contributed by atoms with E-state index in [0.29, 0.717) is 23.2 Å². The molecule has 1 aliphatic heterocycles. The summed E-state index contributed by atoms with van der Waals surface area (Å²) in [4.78, 5) is 4.35. The van der Waals surface area contributed by atoms with Crippen molar-refractivity contribution in [1.82, 2.24) is 14.8 Å². The Kier molecular flexibility index (Phi) is 4.99. The summed E-state index contributed by atoms with van der Waals surface area (Å²) in [6.07, 6.45) is 3.60. The predicted molar refractivity (Wildman–Crippen MR) is 109 cm³/mol. The average Bonchev–Trinajstić information content (AvgIpc) is 3.26. The molecule has 2 aromatic carbocycles. The van der Waals surface area contributed by atoms with Crippen LogP contribution in [0.4, 0.5) is 5.95 Å². The molecule has 1 atom stereocenters. The van der Waals surface area contributed by atoms with Crippen LogP contribution in [0, 0.1) is 0 Å². The lowest BCUT2D eigenvalue weighted by atomic mass is 10.0. The third-order valence-corrected chi connectivity index (χ3v) is 4.82. The number of hydrogen-bond acceptors (Lipinski definition) is 7. The fraction of sp³-hybridized carbons (Fsp3) is 0.238. The first-order valence-electron chi connectivity index (χ1n) is 9.01. The maximum atomic E-state index is 5.52. The van der Waals surface area contributed by atoms with Gasteiger partial charge in [0.05, 0.1) is 28.4 Å². The van der Waals surface area contributed by atoms with E-state index >= 15 is 0 Å². The summed E-state index contributed by atoms with van der Waals surface area (Å²) in [7, 11) is 6.43. The van der Waals surface area contributed by atoms with E-state index in [9.17, 15) is 0 Å². The van der Waals surface area contributed by atoms with Crippen molar-refractivity contribution in [2.75, 3.05) is 33.8 Å². The lowest BCUT2D eigenvalue weighted by Gasteiger charge is -2.25. The van der Waals surface area contributed by atoms with E-state index in [1.165, 1.54) is 6.33 Å². The lowest BCUT2D eigenvalue weighted by Crippen LogP contribution is -2.20. The number of ether oxygens (including phenoxy) is 4. The molecule has 1 aromatic heterocycles. The smallest absolute Gasteiger partial charge is 0.226 e. The summed E-state index contributed by atoms with van der Waals surface area (Å²) in [6, 6.07) is 11.5. The Morgan fingerprint density at radius 1 is 0.931 bits per heavy atom. The Morgan fingerprint density at radius 2 is 1.69 bits per heavy atom. The highest BCUT2D eigenvalue weighted by atomic mass is 16.5. The molecule has 8 nitrogen and oxygen atoms in total. The topological polar surface area (TPSA) is 79.7 Å². The number of rotatable bonds is 6. The maximum Gasteiger partial charge on any atom is 0.226 e. The van der Waals surface area contributed by atoms with E-state index in [-0.39, 0.29) is 6.04 Å². The highest BCUT2D eigenvalue weighted by molar-refractivity contribution is 5.77. The Morgan fingerprint density at radius 3 is 2.34 bits per heavy atom. The third kappa shape index (κ3) is 3.33. The molecule has 0 spiro atoms. The van der Waals surface area contributed by atoms with Gasteiger partial charge in [-0.25, -0.2) is 4.68 Å². The quantitative estimate of drug-likeness (QED) is 0.687. The van der Waals surface area contributed by atoms with Crippen LogP contribution in [0.25, 0.3) is 5.70 Å². The van der Waals surface area contributed by atoms with Crippen LogP contribution in [0.3, 0.4) is 0 Å². The number of allylic oxidation sites excluding steroid dienone is 1. The Hall–Kier alpha value is -3.68. The van der Waals surface area contributed by atoms with Crippen LogP contribution in [0.5, 0.6) is 23.0 Å². The summed E-state index contributed by atoms with van der Waals surface area (Å²) in [5, 5.41) is 7.72. The molecule has 150 valence electrons. The van der Waals surface area contributed by atoms with Crippen LogP contribution < -0.4 is 24.3 Å². The molecular formula is C21H22N4O4. The van der Waals surface area contributed by atoms with Crippen LogP contribution in [0.1, 0.15) is 17.2 Å². The second-order valence-electron chi connectivity index (χ2n) is 6.37. The van der Waals surface area contributed by atoms with E-state index in [2.05, 4.69) is 21.5 Å². The van der Waals surface area contributed by atoms with Gasteiger partial charge in [-0.3, -0.25) is 0 Å². The van der Waals surface area contributed by atoms with E-state index in [1.807, 2.05) is 41.1 Å². The lowest BCUT2D eigenvalue weighted by molar-refractivity contribution is 0.323. The molecule has 0 amide bonds. The summed E-state index contributed by atoms with van der Waals surface area (Å²) >= 11 is 0. The van der Waals surface area contributed by atoms with Gasteiger partial charge in [-0.05, 0) is 35.9 Å². The van der Waals surface area contributed by atoms with Gasteiger partial charge in [0.15, 0.2) is 11.5 Å². The van der Waals surface area contributed by atoms with Gasteiger partial charge in [0.25, 0.3) is 0 Å². The normalized spacial score (nSPS) is 15.0. The van der Waals surface area contributed by atoms with Gasteiger partial charge in [-0.2, -0.15) is 10.1 Å². The minimum atomic E-state index is -0.219. The number of hydrogen-bond donors (Lipinski definition) is 1. The van der Waals surface area contributed by atoms with Gasteiger partial charge >= 0.3 is 0 Å². The summed E-state index contributed by atoms with van der Waals surface area (Å²) < 4.78 is 23.7. The van der Waals surface area contributed by atoms with Gasteiger partial charge in [0.1, 0.15) is 18.1 Å². The van der Waals surface area contributed by atoms with Gasteiger partial charge in [0.2, 0.25) is 11.7 Å². The molecule has 2 heterocycles. The highest BCUT2D eigenvalue weighted by Gasteiger charge is 2.26. The second kappa shape index (κ2) is 7.75. The molecule has 0 saturated carbocycles. The molecule has 8 heteroatoms. The van der Waals surface area contributed by atoms with Crippen LogP contribution in [-0.4, -0.2) is 43.2 Å². The zero-order valence-corrected chi connectivity index (χ0v) is 16.7. The zero-order chi connectivity index (χ0) is 20.4. The van der Waals surface area contributed by atoms with Crippen molar-refractivity contribution < 1.29 is 18.9 Å². The van der Waals surface area contributed by atoms with Crippen molar-refractivity contribution in [3.05, 3.63) is 59.9 Å². The summed E-state index contributed by atoms with van der Waals surface area (Å²) in [5.41, 5.74) is 2.81. The van der Waals surface area contributed by atoms with Crippen molar-refractivity contribution in [2.24, 2.45) is 0 Å². The van der Waals surface area contributed by atoms with E-state index < -0.39 is 0 Å². The van der Waals surface area contributed by atoms with Crippen molar-refractivity contribution in [2.45, 2.75) is 6.04 Å². The standard InChI is InChI=1S/C21H22N4O4/c1-26-15-7-5-6-13(8-15)16-11-17(25-21(24-16)22-12-23-25)14-9-18(27-2)20(29-4)19(10-14)28-3/h5-12,17H,1-4H3,(H,22,23,24)/t17-/m1/s1. The average molecular weight is 394 g/mol. The SMILES string of the molecule is COc1cccc(C2=C[C@H](c3cc(OC)c(OC)c(OC)c3)n3ncnc3N2)c1. The third-order valence-electron chi connectivity index (χ3n) is 4.82. The summed E-state index contributed by atoms with van der Waals surface area (Å²) in [5.74, 6) is 3.13. The Labute approximate surface area is 168 Å². The molecule has 0 unspecified atom stereocenters. The van der Waals surface area contributed by atoms with Crippen LogP contribution in [0.15, 0.2) is 48.8 Å². The molecular weight excluding hydrogens is 372 g/mol. The van der Waals surface area contributed by atoms with Crippen LogP contribution in [-0.2, 0) is 0 Å². The minimum Gasteiger partial charge on any atom is -0.497 e. The van der Waals surface area contributed by atoms with E-state index in [0.717, 1.165) is 22.6 Å². The highest BCUT2D eigenvalue weighted by Crippen LogP contribution is 2.42. The molecule has 29 heavy (non-hydrogen) atoms.